The predicted octanol–water partition coefficient (Wildman–Crippen LogP) is 2.00. The van der Waals surface area contributed by atoms with Crippen molar-refractivity contribution in [2.24, 2.45) is 0 Å². The van der Waals surface area contributed by atoms with E-state index in [0.717, 1.165) is 36.0 Å². The van der Waals surface area contributed by atoms with Crippen LogP contribution in [-0.2, 0) is 16.8 Å². The molecule has 0 aliphatic heterocycles. The molecule has 2 aromatic heterocycles. The number of nitrogens with zero attached hydrogens (tertiary/aromatic N) is 4. The van der Waals surface area contributed by atoms with E-state index < -0.39 is 5.41 Å². The fourth-order valence-corrected chi connectivity index (χ4v) is 3.28. The van der Waals surface area contributed by atoms with Crippen LogP contribution in [0.4, 0.5) is 0 Å². The summed E-state index contributed by atoms with van der Waals surface area (Å²) in [6.45, 7) is 0.455. The summed E-state index contributed by atoms with van der Waals surface area (Å²) in [6, 6.07) is 12.0. The summed E-state index contributed by atoms with van der Waals surface area (Å²) < 4.78 is 0. The highest BCUT2D eigenvalue weighted by atomic mass is 16.2. The SMILES string of the molecule is O=C(NCc1ccccc1-c1ccncc1)C1(c2nn[nH]n2)CCC1. The van der Waals surface area contributed by atoms with Crippen molar-refractivity contribution in [3.05, 3.63) is 60.2 Å². The van der Waals surface area contributed by atoms with Gasteiger partial charge in [0.05, 0.1) is 0 Å². The summed E-state index contributed by atoms with van der Waals surface area (Å²) in [7, 11) is 0. The molecule has 1 saturated carbocycles. The van der Waals surface area contributed by atoms with Crippen molar-refractivity contribution < 1.29 is 4.79 Å². The number of carbonyl (C=O) groups is 1. The van der Waals surface area contributed by atoms with Gasteiger partial charge in [-0.3, -0.25) is 9.78 Å². The molecule has 2 heterocycles. The molecular formula is C18H18N6O. The van der Waals surface area contributed by atoms with Crippen LogP contribution in [0.2, 0.25) is 0 Å². The van der Waals surface area contributed by atoms with Gasteiger partial charge in [0.2, 0.25) is 5.91 Å². The summed E-state index contributed by atoms with van der Waals surface area (Å²) >= 11 is 0. The second kappa shape index (κ2) is 6.43. The van der Waals surface area contributed by atoms with Gasteiger partial charge in [-0.25, -0.2) is 0 Å². The van der Waals surface area contributed by atoms with Crippen LogP contribution in [-0.4, -0.2) is 31.5 Å². The molecule has 1 aliphatic rings. The monoisotopic (exact) mass is 334 g/mol. The van der Waals surface area contributed by atoms with E-state index in [2.05, 4.69) is 37.0 Å². The molecular weight excluding hydrogens is 316 g/mol. The molecule has 1 amide bonds. The van der Waals surface area contributed by atoms with Crippen molar-refractivity contribution in [2.75, 3.05) is 0 Å². The van der Waals surface area contributed by atoms with Gasteiger partial charge < -0.3 is 5.32 Å². The Bertz CT molecular complexity index is 858. The molecule has 1 aliphatic carbocycles. The number of nitrogens with one attached hydrogen (secondary N) is 2. The van der Waals surface area contributed by atoms with Crippen molar-refractivity contribution >= 4 is 5.91 Å². The van der Waals surface area contributed by atoms with E-state index in [1.54, 1.807) is 12.4 Å². The minimum atomic E-state index is -0.640. The molecule has 0 radical (unpaired) electrons. The Labute approximate surface area is 144 Å². The van der Waals surface area contributed by atoms with Gasteiger partial charge >= 0.3 is 0 Å². The van der Waals surface area contributed by atoms with E-state index in [-0.39, 0.29) is 5.91 Å². The molecule has 1 fully saturated rings. The molecule has 0 bridgehead atoms. The number of amides is 1. The number of H-pyrrole nitrogens is 1. The summed E-state index contributed by atoms with van der Waals surface area (Å²) in [5, 5.41) is 17.2. The lowest BCUT2D eigenvalue weighted by molar-refractivity contribution is -0.130. The van der Waals surface area contributed by atoms with E-state index >= 15 is 0 Å². The maximum Gasteiger partial charge on any atom is 0.234 e. The summed E-state index contributed by atoms with van der Waals surface area (Å²) in [6.07, 6.45) is 6.04. The lowest BCUT2D eigenvalue weighted by Crippen LogP contribution is -2.49. The molecule has 0 unspecified atom stereocenters. The van der Waals surface area contributed by atoms with Crippen LogP contribution in [0.5, 0.6) is 0 Å². The van der Waals surface area contributed by atoms with E-state index in [0.29, 0.717) is 12.4 Å². The van der Waals surface area contributed by atoms with Gasteiger partial charge in [-0.2, -0.15) is 5.21 Å². The molecule has 1 aromatic carbocycles. The maximum absolute atomic E-state index is 12.8. The molecule has 3 aromatic rings. The lowest BCUT2D eigenvalue weighted by atomic mass is 9.67. The van der Waals surface area contributed by atoms with E-state index in [4.69, 9.17) is 0 Å². The van der Waals surface area contributed by atoms with Gasteiger partial charge in [-0.1, -0.05) is 35.9 Å². The first-order valence-electron chi connectivity index (χ1n) is 8.30. The number of benzene rings is 1. The number of hydrogen-bond donors (Lipinski definition) is 2. The van der Waals surface area contributed by atoms with Gasteiger partial charge in [0, 0.05) is 18.9 Å². The molecule has 0 saturated heterocycles. The predicted molar refractivity (Wildman–Crippen MR) is 91.2 cm³/mol. The number of tetrazole rings is 1. The maximum atomic E-state index is 12.8. The number of aromatic nitrogens is 5. The number of carbonyl (C=O) groups excluding carboxylic acids is 1. The fraction of sp³-hybridized carbons (Fsp3) is 0.278. The van der Waals surface area contributed by atoms with Crippen LogP contribution in [0.15, 0.2) is 48.8 Å². The average Bonchev–Trinajstić information content (AvgIpc) is 3.15. The van der Waals surface area contributed by atoms with Crippen LogP contribution in [0, 0.1) is 0 Å². The lowest BCUT2D eigenvalue weighted by Gasteiger charge is -2.37. The van der Waals surface area contributed by atoms with Crippen LogP contribution >= 0.6 is 0 Å². The highest BCUT2D eigenvalue weighted by molar-refractivity contribution is 5.88. The minimum Gasteiger partial charge on any atom is -0.351 e. The Kier molecular flexibility index (Phi) is 3.97. The number of hydrogen-bond acceptors (Lipinski definition) is 5. The molecule has 2 N–H and O–H groups in total. The molecule has 7 nitrogen and oxygen atoms in total. The zero-order chi connectivity index (χ0) is 17.1. The third-order valence-corrected chi connectivity index (χ3v) is 4.86. The first-order valence-corrected chi connectivity index (χ1v) is 8.30. The molecule has 0 atom stereocenters. The highest BCUT2D eigenvalue weighted by Gasteiger charge is 2.49. The quantitative estimate of drug-likeness (QED) is 0.744. The number of rotatable bonds is 5. The Balaban J connectivity index is 1.53. The number of aromatic amines is 1. The fourth-order valence-electron chi connectivity index (χ4n) is 3.28. The summed E-state index contributed by atoms with van der Waals surface area (Å²) in [5.41, 5.74) is 2.59. The Morgan fingerprint density at radius 1 is 1.16 bits per heavy atom. The van der Waals surface area contributed by atoms with Crippen LogP contribution in [0.1, 0.15) is 30.7 Å². The van der Waals surface area contributed by atoms with E-state index in [1.165, 1.54) is 0 Å². The first-order chi connectivity index (χ1) is 12.3. The van der Waals surface area contributed by atoms with Crippen molar-refractivity contribution in [1.82, 2.24) is 30.9 Å². The number of pyridine rings is 1. The van der Waals surface area contributed by atoms with Gasteiger partial charge in [0.1, 0.15) is 5.41 Å². The standard InChI is InChI=1S/C18H18N6O/c25-17(18(8-3-9-18)16-21-23-24-22-16)20-12-14-4-1-2-5-15(14)13-6-10-19-11-7-13/h1-2,4-7,10-11H,3,8-9,12H2,(H,20,25)(H,21,22,23,24). The van der Waals surface area contributed by atoms with E-state index in [1.807, 2.05) is 30.3 Å². The van der Waals surface area contributed by atoms with Gasteiger partial charge in [0.25, 0.3) is 0 Å². The van der Waals surface area contributed by atoms with Crippen LogP contribution in [0.25, 0.3) is 11.1 Å². The second-order valence-corrected chi connectivity index (χ2v) is 6.25. The van der Waals surface area contributed by atoms with Crippen LogP contribution < -0.4 is 5.32 Å². The van der Waals surface area contributed by atoms with Crippen molar-refractivity contribution in [3.63, 3.8) is 0 Å². The van der Waals surface area contributed by atoms with E-state index in [9.17, 15) is 4.79 Å². The Morgan fingerprint density at radius 3 is 2.64 bits per heavy atom. The topological polar surface area (TPSA) is 96.5 Å². The smallest absolute Gasteiger partial charge is 0.234 e. The van der Waals surface area contributed by atoms with Gasteiger partial charge in [-0.05, 0) is 41.7 Å². The van der Waals surface area contributed by atoms with Crippen molar-refractivity contribution in [1.29, 1.82) is 0 Å². The van der Waals surface area contributed by atoms with Gasteiger partial charge in [-0.15, -0.1) is 10.2 Å². The molecule has 25 heavy (non-hydrogen) atoms. The Morgan fingerprint density at radius 2 is 1.96 bits per heavy atom. The third kappa shape index (κ3) is 2.77. The van der Waals surface area contributed by atoms with Crippen molar-refractivity contribution in [3.8, 4) is 11.1 Å². The largest absolute Gasteiger partial charge is 0.351 e. The molecule has 7 heteroatoms. The Hall–Kier alpha value is -3.09. The molecule has 4 rings (SSSR count). The normalized spacial score (nSPS) is 15.4. The third-order valence-electron chi connectivity index (χ3n) is 4.86. The highest BCUT2D eigenvalue weighted by Crippen LogP contribution is 2.42. The minimum absolute atomic E-state index is 0.0373. The van der Waals surface area contributed by atoms with Crippen LogP contribution in [0.3, 0.4) is 0 Å². The summed E-state index contributed by atoms with van der Waals surface area (Å²) in [5.74, 6) is 0.448. The summed E-state index contributed by atoms with van der Waals surface area (Å²) in [4.78, 5) is 16.9. The first kappa shape index (κ1) is 15.4. The molecule has 126 valence electrons. The second-order valence-electron chi connectivity index (χ2n) is 6.25. The van der Waals surface area contributed by atoms with Crippen molar-refractivity contribution in [2.45, 2.75) is 31.2 Å². The zero-order valence-electron chi connectivity index (χ0n) is 13.6. The average molecular weight is 334 g/mol. The molecule has 0 spiro atoms. The van der Waals surface area contributed by atoms with Gasteiger partial charge in [0.15, 0.2) is 5.82 Å². The zero-order valence-corrected chi connectivity index (χ0v) is 13.6.